The molecule has 0 bridgehead atoms. The first-order valence-corrected chi connectivity index (χ1v) is 7.06. The number of rotatable bonds is 3. The molecule has 1 unspecified atom stereocenters. The first-order chi connectivity index (χ1) is 9.52. The van der Waals surface area contributed by atoms with E-state index in [0.717, 1.165) is 31.4 Å². The molecule has 0 spiro atoms. The Kier molecular flexibility index (Phi) is 4.39. The molecule has 1 aromatic carbocycles. The zero-order chi connectivity index (χ0) is 14.8. The highest BCUT2D eigenvalue weighted by molar-refractivity contribution is 5.25. The van der Waals surface area contributed by atoms with Crippen LogP contribution in [0.4, 0.5) is 8.78 Å². The van der Waals surface area contributed by atoms with Crippen molar-refractivity contribution < 1.29 is 13.9 Å². The molecule has 0 saturated heterocycles. The van der Waals surface area contributed by atoms with Gasteiger partial charge in [0.1, 0.15) is 0 Å². The van der Waals surface area contributed by atoms with Crippen molar-refractivity contribution in [1.29, 1.82) is 5.26 Å². The SMILES string of the molecule is CCC1CCC(C#N)(C(O)c2ccc(F)c(F)c2)CC1. The van der Waals surface area contributed by atoms with Crippen LogP contribution in [0.1, 0.15) is 50.7 Å². The molecule has 4 heteroatoms. The molecule has 108 valence electrons. The number of halogens is 2. The Balaban J connectivity index is 2.23. The van der Waals surface area contributed by atoms with E-state index >= 15 is 0 Å². The quantitative estimate of drug-likeness (QED) is 0.905. The Morgan fingerprint density at radius 2 is 2.00 bits per heavy atom. The molecule has 1 fully saturated rings. The number of aliphatic hydroxyl groups is 1. The van der Waals surface area contributed by atoms with Gasteiger partial charge in [0.15, 0.2) is 11.6 Å². The largest absolute Gasteiger partial charge is 0.387 e. The van der Waals surface area contributed by atoms with Gasteiger partial charge in [0.05, 0.1) is 17.6 Å². The van der Waals surface area contributed by atoms with Crippen LogP contribution in [0.3, 0.4) is 0 Å². The molecule has 1 atom stereocenters. The standard InChI is InChI=1S/C16H19F2NO/c1-2-11-5-7-16(10-19,8-6-11)15(20)12-3-4-13(17)14(18)9-12/h3-4,9,11,15,20H,2,5-8H2,1H3. The molecule has 2 rings (SSSR count). The van der Waals surface area contributed by atoms with Crippen LogP contribution in [0.15, 0.2) is 18.2 Å². The summed E-state index contributed by atoms with van der Waals surface area (Å²) in [6.45, 7) is 2.12. The van der Waals surface area contributed by atoms with Crippen LogP contribution < -0.4 is 0 Å². The molecule has 0 amide bonds. The van der Waals surface area contributed by atoms with Crippen LogP contribution in [0.25, 0.3) is 0 Å². The van der Waals surface area contributed by atoms with Crippen molar-refractivity contribution in [2.45, 2.75) is 45.1 Å². The number of benzene rings is 1. The average molecular weight is 279 g/mol. The molecule has 0 heterocycles. The van der Waals surface area contributed by atoms with E-state index in [2.05, 4.69) is 13.0 Å². The second kappa shape index (κ2) is 5.88. The Bertz CT molecular complexity index is 516. The van der Waals surface area contributed by atoms with Gasteiger partial charge in [-0.1, -0.05) is 19.4 Å². The number of aliphatic hydroxyl groups excluding tert-OH is 1. The highest BCUT2D eigenvalue weighted by Gasteiger charge is 2.42. The van der Waals surface area contributed by atoms with Gasteiger partial charge >= 0.3 is 0 Å². The zero-order valence-corrected chi connectivity index (χ0v) is 11.6. The molecule has 1 aromatic rings. The predicted molar refractivity (Wildman–Crippen MR) is 71.6 cm³/mol. The number of hydrogen-bond acceptors (Lipinski definition) is 2. The van der Waals surface area contributed by atoms with E-state index in [-0.39, 0.29) is 5.56 Å². The summed E-state index contributed by atoms with van der Waals surface area (Å²) in [5.74, 6) is -1.34. The van der Waals surface area contributed by atoms with Crippen LogP contribution in [-0.2, 0) is 0 Å². The van der Waals surface area contributed by atoms with Crippen LogP contribution in [0, 0.1) is 34.3 Å². The maximum absolute atomic E-state index is 13.3. The molecular formula is C16H19F2NO. The molecule has 20 heavy (non-hydrogen) atoms. The fraction of sp³-hybridized carbons (Fsp3) is 0.562. The van der Waals surface area contributed by atoms with E-state index in [0.29, 0.717) is 18.8 Å². The monoisotopic (exact) mass is 279 g/mol. The summed E-state index contributed by atoms with van der Waals surface area (Å²) < 4.78 is 26.2. The van der Waals surface area contributed by atoms with Crippen molar-refractivity contribution in [3.8, 4) is 6.07 Å². The van der Waals surface area contributed by atoms with Gasteiger partial charge in [0, 0.05) is 0 Å². The fourth-order valence-electron chi connectivity index (χ4n) is 3.05. The summed E-state index contributed by atoms with van der Waals surface area (Å²) >= 11 is 0. The number of nitriles is 1. The fourth-order valence-corrected chi connectivity index (χ4v) is 3.05. The van der Waals surface area contributed by atoms with Gasteiger partial charge in [-0.3, -0.25) is 0 Å². The Hall–Kier alpha value is -1.47. The molecule has 2 nitrogen and oxygen atoms in total. The highest BCUT2D eigenvalue weighted by Crippen LogP contribution is 2.47. The van der Waals surface area contributed by atoms with Gasteiger partial charge in [-0.25, -0.2) is 8.78 Å². The summed E-state index contributed by atoms with van der Waals surface area (Å²) in [4.78, 5) is 0. The molecule has 0 aromatic heterocycles. The van der Waals surface area contributed by atoms with Crippen molar-refractivity contribution in [2.24, 2.45) is 11.3 Å². The summed E-state index contributed by atoms with van der Waals surface area (Å²) in [6, 6.07) is 5.57. The van der Waals surface area contributed by atoms with Gasteiger partial charge in [-0.15, -0.1) is 0 Å². The second-order valence-corrected chi connectivity index (χ2v) is 5.70. The van der Waals surface area contributed by atoms with Crippen molar-refractivity contribution in [2.75, 3.05) is 0 Å². The van der Waals surface area contributed by atoms with E-state index in [4.69, 9.17) is 0 Å². The minimum atomic E-state index is -1.07. The lowest BCUT2D eigenvalue weighted by molar-refractivity contribution is 0.0240. The second-order valence-electron chi connectivity index (χ2n) is 5.70. The molecule has 1 saturated carbocycles. The third-order valence-electron chi connectivity index (χ3n) is 4.58. The molecular weight excluding hydrogens is 260 g/mol. The van der Waals surface area contributed by atoms with E-state index in [9.17, 15) is 19.1 Å². The minimum absolute atomic E-state index is 0.278. The maximum atomic E-state index is 13.3. The van der Waals surface area contributed by atoms with Gasteiger partial charge in [-0.05, 0) is 49.3 Å². The molecule has 1 N–H and O–H groups in total. The van der Waals surface area contributed by atoms with Crippen molar-refractivity contribution in [3.63, 3.8) is 0 Å². The molecule has 1 aliphatic rings. The van der Waals surface area contributed by atoms with E-state index < -0.39 is 23.2 Å². The molecule has 1 aliphatic carbocycles. The minimum Gasteiger partial charge on any atom is -0.387 e. The summed E-state index contributed by atoms with van der Waals surface area (Å²) in [6.07, 6.45) is 2.99. The Labute approximate surface area is 118 Å². The lowest BCUT2D eigenvalue weighted by Gasteiger charge is -2.38. The zero-order valence-electron chi connectivity index (χ0n) is 11.6. The van der Waals surface area contributed by atoms with Crippen LogP contribution in [0.2, 0.25) is 0 Å². The number of hydrogen-bond donors (Lipinski definition) is 1. The Morgan fingerprint density at radius 1 is 1.35 bits per heavy atom. The average Bonchev–Trinajstić information content (AvgIpc) is 2.49. The summed E-state index contributed by atoms with van der Waals surface area (Å²) in [5, 5.41) is 19.9. The van der Waals surface area contributed by atoms with Crippen LogP contribution in [0.5, 0.6) is 0 Å². The van der Waals surface area contributed by atoms with Crippen LogP contribution in [-0.4, -0.2) is 5.11 Å². The van der Waals surface area contributed by atoms with E-state index in [1.54, 1.807) is 0 Å². The topological polar surface area (TPSA) is 44.0 Å². The predicted octanol–water partition coefficient (Wildman–Crippen LogP) is 4.11. The smallest absolute Gasteiger partial charge is 0.159 e. The third-order valence-corrected chi connectivity index (χ3v) is 4.58. The van der Waals surface area contributed by atoms with Crippen molar-refractivity contribution in [3.05, 3.63) is 35.4 Å². The van der Waals surface area contributed by atoms with E-state index in [1.807, 2.05) is 0 Å². The van der Waals surface area contributed by atoms with E-state index in [1.165, 1.54) is 6.07 Å². The summed E-state index contributed by atoms with van der Waals surface area (Å²) in [5.41, 5.74) is -0.601. The normalized spacial score (nSPS) is 27.9. The Morgan fingerprint density at radius 3 is 2.50 bits per heavy atom. The first kappa shape index (κ1) is 14.9. The summed E-state index contributed by atoms with van der Waals surface area (Å²) in [7, 11) is 0. The third kappa shape index (κ3) is 2.69. The first-order valence-electron chi connectivity index (χ1n) is 7.06. The van der Waals surface area contributed by atoms with Gasteiger partial charge in [0.25, 0.3) is 0 Å². The van der Waals surface area contributed by atoms with Gasteiger partial charge in [-0.2, -0.15) is 5.26 Å². The maximum Gasteiger partial charge on any atom is 0.159 e. The van der Waals surface area contributed by atoms with Crippen molar-refractivity contribution in [1.82, 2.24) is 0 Å². The lowest BCUT2D eigenvalue weighted by atomic mass is 9.66. The molecule has 0 aliphatic heterocycles. The highest BCUT2D eigenvalue weighted by atomic mass is 19.2. The number of nitrogens with zero attached hydrogens (tertiary/aromatic N) is 1. The van der Waals surface area contributed by atoms with Gasteiger partial charge in [0.2, 0.25) is 0 Å². The van der Waals surface area contributed by atoms with Gasteiger partial charge < -0.3 is 5.11 Å². The van der Waals surface area contributed by atoms with Crippen molar-refractivity contribution >= 4 is 0 Å². The lowest BCUT2D eigenvalue weighted by Crippen LogP contribution is -2.32. The molecule has 0 radical (unpaired) electrons. The van der Waals surface area contributed by atoms with Crippen LogP contribution >= 0.6 is 0 Å².